The topological polar surface area (TPSA) is 22.1 Å². The lowest BCUT2D eigenvalue weighted by atomic mass is 10.2. The van der Waals surface area contributed by atoms with Crippen LogP contribution in [0.1, 0.15) is 17.7 Å². The molecule has 0 amide bonds. The van der Waals surface area contributed by atoms with Crippen LogP contribution in [0.3, 0.4) is 0 Å². The third-order valence-electron chi connectivity index (χ3n) is 1.64. The van der Waals surface area contributed by atoms with E-state index >= 15 is 0 Å². The number of rotatable bonds is 3. The van der Waals surface area contributed by atoms with Crippen LogP contribution in [0, 0.1) is 3.70 Å². The van der Waals surface area contributed by atoms with Crippen LogP contribution < -0.4 is 4.74 Å². The molecule has 0 saturated heterocycles. The Balaban J connectivity index is 3.20. The number of halogens is 7. The highest BCUT2D eigenvalue weighted by Crippen LogP contribution is 2.32. The lowest BCUT2D eigenvalue weighted by molar-refractivity contribution is -0.275. The molecule has 0 spiro atoms. The Morgan fingerprint density at radius 3 is 2.41 bits per heavy atom. The Morgan fingerprint density at radius 1 is 1.41 bits per heavy atom. The number of alkyl halides is 6. The number of ether oxygens (including phenoxy) is 1. The second-order valence-electron chi connectivity index (χ2n) is 2.80. The van der Waals surface area contributed by atoms with Crippen LogP contribution in [0.25, 0.3) is 0 Å². The Kier molecular flexibility index (Phi) is 4.76. The molecule has 0 N–H and O–H groups in total. The minimum absolute atomic E-state index is 0.166. The average Bonchev–Trinajstić information content (AvgIpc) is 2.18. The Labute approximate surface area is 111 Å². The largest absolute Gasteiger partial charge is 0.573 e. The molecule has 0 aromatic carbocycles. The molecule has 0 radical (unpaired) electrons. The molecule has 1 heterocycles. The highest BCUT2D eigenvalue weighted by molar-refractivity contribution is 14.1. The van der Waals surface area contributed by atoms with Gasteiger partial charge in [-0.2, -0.15) is 0 Å². The molecule has 9 heteroatoms. The number of hydrogen-bond acceptors (Lipinski definition) is 2. The van der Waals surface area contributed by atoms with Crippen molar-refractivity contribution < 1.29 is 26.7 Å². The Bertz CT molecular complexity index is 412. The second kappa shape index (κ2) is 5.51. The molecule has 0 aliphatic rings. The van der Waals surface area contributed by atoms with Gasteiger partial charge in [0.1, 0.15) is 3.70 Å². The summed E-state index contributed by atoms with van der Waals surface area (Å²) in [6.07, 6.45) is -7.92. The minimum atomic E-state index is -4.95. The predicted molar refractivity (Wildman–Crippen MR) is 58.2 cm³/mol. The maximum absolute atomic E-state index is 12.5. The predicted octanol–water partition coefficient (Wildman–Crippen LogP) is 4.26. The Morgan fingerprint density at radius 2 is 2.00 bits per heavy atom. The van der Waals surface area contributed by atoms with Crippen molar-refractivity contribution in [3.63, 3.8) is 0 Å². The summed E-state index contributed by atoms with van der Waals surface area (Å²) in [5, 5.41) is 0. The smallest absolute Gasteiger partial charge is 0.403 e. The van der Waals surface area contributed by atoms with Crippen LogP contribution in [-0.4, -0.2) is 11.3 Å². The van der Waals surface area contributed by atoms with Crippen LogP contribution in [0.15, 0.2) is 6.07 Å². The summed E-state index contributed by atoms with van der Waals surface area (Å²) >= 11 is 6.82. The van der Waals surface area contributed by atoms with Gasteiger partial charge < -0.3 is 4.74 Å². The molecule has 1 rings (SSSR count). The Hall–Kier alpha value is -0.380. The zero-order chi connectivity index (χ0) is 13.2. The molecule has 0 unspecified atom stereocenters. The summed E-state index contributed by atoms with van der Waals surface area (Å²) in [6, 6.07) is 0.602. The van der Waals surface area contributed by atoms with Gasteiger partial charge in [0.2, 0.25) is 0 Å². The van der Waals surface area contributed by atoms with Gasteiger partial charge in [0.25, 0.3) is 6.43 Å². The summed E-state index contributed by atoms with van der Waals surface area (Å²) in [5.41, 5.74) is -0.833. The fourth-order valence-electron chi connectivity index (χ4n) is 1.01. The maximum atomic E-state index is 12.5. The van der Waals surface area contributed by atoms with Crippen molar-refractivity contribution in [3.05, 3.63) is 21.0 Å². The zero-order valence-electron chi connectivity index (χ0n) is 7.86. The van der Waals surface area contributed by atoms with Crippen molar-refractivity contribution >= 4 is 34.2 Å². The van der Waals surface area contributed by atoms with Gasteiger partial charge in [-0.05, 0) is 28.7 Å². The van der Waals surface area contributed by atoms with Crippen molar-refractivity contribution in [1.82, 2.24) is 4.98 Å². The highest BCUT2D eigenvalue weighted by atomic mass is 127. The van der Waals surface area contributed by atoms with Gasteiger partial charge in [-0.1, -0.05) is 0 Å². The summed E-state index contributed by atoms with van der Waals surface area (Å²) in [6.45, 7) is 0. The molecule has 0 atom stereocenters. The van der Waals surface area contributed by atoms with Crippen molar-refractivity contribution in [2.45, 2.75) is 18.7 Å². The van der Waals surface area contributed by atoms with Gasteiger partial charge in [0.05, 0.1) is 11.6 Å². The van der Waals surface area contributed by atoms with Gasteiger partial charge >= 0.3 is 6.36 Å². The van der Waals surface area contributed by atoms with Gasteiger partial charge in [0.15, 0.2) is 5.75 Å². The molecule has 0 aliphatic heterocycles. The molecular weight excluding hydrogens is 383 g/mol. The molecule has 1 aromatic rings. The molecule has 0 fully saturated rings. The first-order valence-electron chi connectivity index (χ1n) is 4.03. The molecule has 96 valence electrons. The van der Waals surface area contributed by atoms with E-state index in [1.165, 1.54) is 22.6 Å². The lowest BCUT2D eigenvalue weighted by Gasteiger charge is -2.13. The second-order valence-corrected chi connectivity index (χ2v) is 4.08. The van der Waals surface area contributed by atoms with E-state index in [0.717, 1.165) is 0 Å². The van der Waals surface area contributed by atoms with Crippen LogP contribution in [0.4, 0.5) is 22.0 Å². The lowest BCUT2D eigenvalue weighted by Crippen LogP contribution is -2.18. The van der Waals surface area contributed by atoms with Crippen LogP contribution >= 0.6 is 34.2 Å². The van der Waals surface area contributed by atoms with E-state index in [0.29, 0.717) is 6.07 Å². The first kappa shape index (κ1) is 14.7. The maximum Gasteiger partial charge on any atom is 0.573 e. The van der Waals surface area contributed by atoms with Gasteiger partial charge in [-0.25, -0.2) is 13.8 Å². The van der Waals surface area contributed by atoms with Gasteiger partial charge in [-0.15, -0.1) is 24.8 Å². The van der Waals surface area contributed by atoms with Crippen LogP contribution in [0.5, 0.6) is 5.75 Å². The average molecular weight is 387 g/mol. The van der Waals surface area contributed by atoms with Crippen molar-refractivity contribution in [2.24, 2.45) is 0 Å². The van der Waals surface area contributed by atoms with E-state index in [4.69, 9.17) is 11.6 Å². The summed E-state index contributed by atoms with van der Waals surface area (Å²) in [5.74, 6) is -1.08. The number of nitrogens with zero attached hydrogens (tertiary/aromatic N) is 1. The first-order chi connectivity index (χ1) is 7.74. The summed E-state index contributed by atoms with van der Waals surface area (Å²) < 4.78 is 64.3. The molecule has 2 nitrogen and oxygen atoms in total. The van der Waals surface area contributed by atoms with Crippen molar-refractivity contribution in [2.75, 3.05) is 0 Å². The van der Waals surface area contributed by atoms with E-state index in [1.807, 2.05) is 0 Å². The quantitative estimate of drug-likeness (QED) is 0.335. The molecule has 1 aromatic heterocycles. The summed E-state index contributed by atoms with van der Waals surface area (Å²) in [4.78, 5) is 3.55. The number of aromatic nitrogens is 1. The van der Waals surface area contributed by atoms with Crippen molar-refractivity contribution in [1.29, 1.82) is 0 Å². The zero-order valence-corrected chi connectivity index (χ0v) is 10.8. The standard InChI is InChI=1S/C8H4ClF5INO/c9-2-4-3(6(10)11)1-5(7(15)16-4)17-8(12,13)14/h1,6H,2H2. The summed E-state index contributed by atoms with van der Waals surface area (Å²) in [7, 11) is 0. The fraction of sp³-hybridized carbons (Fsp3) is 0.375. The number of pyridine rings is 1. The third-order valence-corrected chi connectivity index (χ3v) is 2.67. The van der Waals surface area contributed by atoms with Crippen LogP contribution in [-0.2, 0) is 5.88 Å². The SMILES string of the molecule is FC(F)c1cc(OC(F)(F)F)c(I)nc1CCl. The minimum Gasteiger partial charge on any atom is -0.403 e. The molecule has 0 bridgehead atoms. The van der Waals surface area contributed by atoms with Crippen LogP contribution in [0.2, 0.25) is 0 Å². The third kappa shape index (κ3) is 4.09. The normalized spacial score (nSPS) is 12.0. The number of hydrogen-bond donors (Lipinski definition) is 0. The molecule has 0 aliphatic carbocycles. The monoisotopic (exact) mass is 387 g/mol. The van der Waals surface area contributed by atoms with E-state index in [9.17, 15) is 22.0 Å². The fourth-order valence-corrected chi connectivity index (χ4v) is 1.79. The van der Waals surface area contributed by atoms with E-state index in [-0.39, 0.29) is 15.3 Å². The molecular formula is C8H4ClF5INO. The van der Waals surface area contributed by atoms with Gasteiger partial charge in [0, 0.05) is 5.56 Å². The molecule has 17 heavy (non-hydrogen) atoms. The van der Waals surface area contributed by atoms with E-state index in [2.05, 4.69) is 9.72 Å². The van der Waals surface area contributed by atoms with Gasteiger partial charge in [-0.3, -0.25) is 0 Å². The van der Waals surface area contributed by atoms with E-state index < -0.39 is 24.1 Å². The molecule has 0 saturated carbocycles. The highest BCUT2D eigenvalue weighted by Gasteiger charge is 2.33. The first-order valence-corrected chi connectivity index (χ1v) is 5.65. The van der Waals surface area contributed by atoms with E-state index in [1.54, 1.807) is 0 Å². The van der Waals surface area contributed by atoms with Crippen molar-refractivity contribution in [3.8, 4) is 5.75 Å².